The van der Waals surface area contributed by atoms with Crippen molar-refractivity contribution in [2.45, 2.75) is 126 Å². The first kappa shape index (κ1) is 47.5. The molecule has 4 aromatic rings. The Morgan fingerprint density at radius 3 is 1.55 bits per heavy atom. The van der Waals surface area contributed by atoms with Gasteiger partial charge < -0.3 is 34.0 Å². The molecule has 12 heterocycles. The zero-order chi connectivity index (χ0) is 45.0. The van der Waals surface area contributed by atoms with Crippen molar-refractivity contribution in [1.82, 2.24) is 24.2 Å². The third-order valence-electron chi connectivity index (χ3n) is 19.4. The van der Waals surface area contributed by atoms with Gasteiger partial charge >= 0.3 is 0 Å². The quantitative estimate of drug-likeness (QED) is 0.151. The Morgan fingerprint density at radius 1 is 0.507 bits per heavy atom. The van der Waals surface area contributed by atoms with Crippen molar-refractivity contribution in [3.05, 3.63) is 121 Å². The normalized spacial score (nSPS) is 34.0. The van der Waals surface area contributed by atoms with E-state index in [-0.39, 0.29) is 47.0 Å². The average Bonchev–Trinajstić information content (AvgIpc) is 3.38. The van der Waals surface area contributed by atoms with Gasteiger partial charge in [-0.3, -0.25) is 14.4 Å². The van der Waals surface area contributed by atoms with Gasteiger partial charge in [0.25, 0.3) is 17.4 Å². The van der Waals surface area contributed by atoms with Crippen molar-refractivity contribution >= 4 is 47.4 Å². The number of nitrogens with zero attached hydrogens (tertiary/aromatic N) is 6. The highest BCUT2D eigenvalue weighted by molar-refractivity contribution is 5.98. The van der Waals surface area contributed by atoms with Gasteiger partial charge in [0, 0.05) is 79.6 Å². The van der Waals surface area contributed by atoms with Gasteiger partial charge in [-0.2, -0.15) is 0 Å². The number of carbonyl (C=O) groups is 2. The average molecular weight is 976 g/mol. The van der Waals surface area contributed by atoms with Gasteiger partial charge in [-0.1, -0.05) is 36.4 Å². The molecule has 10 nitrogen and oxygen atoms in total. The van der Waals surface area contributed by atoms with Crippen molar-refractivity contribution in [3.63, 3.8) is 0 Å². The molecule has 0 spiro atoms. The predicted octanol–water partition coefficient (Wildman–Crippen LogP) is 8.93. The lowest BCUT2D eigenvalue weighted by Crippen LogP contribution is -2.66. The Labute approximate surface area is 420 Å². The van der Waals surface area contributed by atoms with Gasteiger partial charge in [0.15, 0.2) is 0 Å². The fourth-order valence-electron chi connectivity index (χ4n) is 16.0. The number of piperidine rings is 9. The molecule has 0 N–H and O–H groups in total. The van der Waals surface area contributed by atoms with Gasteiger partial charge in [0.1, 0.15) is 0 Å². The SMILES string of the molecule is Cl.Cl.O=C1c2cccc3c2[C@@H](CCC3)CN1[C@@H]1CN2CCC1CC2.O=C1c2cccc3c2[C@H](CCC3)CN1[C@@H]1C[N+]2([O-])CCC1CC2.O=c1c2cccc3c2c(cn1[C@@H]1CN2CCC1CC2)CCC3. The van der Waals surface area contributed by atoms with Crippen LogP contribution >= 0.6 is 24.8 Å². The van der Waals surface area contributed by atoms with Crippen LogP contribution in [0.3, 0.4) is 0 Å². The number of benzene rings is 3. The molecule has 69 heavy (non-hydrogen) atoms. The van der Waals surface area contributed by atoms with Crippen LogP contribution in [0.25, 0.3) is 10.8 Å². The fourth-order valence-corrected chi connectivity index (χ4v) is 16.0. The summed E-state index contributed by atoms with van der Waals surface area (Å²) in [5.41, 5.74) is 10.5. The lowest BCUT2D eigenvalue weighted by Gasteiger charge is -2.58. The van der Waals surface area contributed by atoms with E-state index in [1.807, 2.05) is 18.2 Å². The molecular weight excluding hydrogens is 904 g/mol. The second kappa shape index (κ2) is 19.0. The third-order valence-corrected chi connectivity index (χ3v) is 19.4. The van der Waals surface area contributed by atoms with Crippen LogP contribution in [0.15, 0.2) is 65.6 Å². The molecule has 1 aromatic heterocycles. The molecule has 0 unspecified atom stereocenters. The molecule has 11 aliphatic heterocycles. The van der Waals surface area contributed by atoms with E-state index in [1.165, 1.54) is 123 Å². The first-order valence-electron chi connectivity index (χ1n) is 26.8. The van der Waals surface area contributed by atoms with E-state index in [4.69, 9.17) is 0 Å². The van der Waals surface area contributed by atoms with Crippen LogP contribution < -0.4 is 5.56 Å². The van der Waals surface area contributed by atoms with Crippen molar-refractivity contribution in [2.24, 2.45) is 17.8 Å². The summed E-state index contributed by atoms with van der Waals surface area (Å²) in [6, 6.07) is 20.0. The van der Waals surface area contributed by atoms with Crippen LogP contribution in [0.5, 0.6) is 0 Å². The summed E-state index contributed by atoms with van der Waals surface area (Å²) in [5.74, 6) is 3.55. The van der Waals surface area contributed by atoms with E-state index >= 15 is 0 Å². The number of hydroxylamine groups is 3. The van der Waals surface area contributed by atoms with Crippen molar-refractivity contribution in [1.29, 1.82) is 0 Å². The maximum Gasteiger partial charge on any atom is 0.258 e. The second-order valence-corrected chi connectivity index (χ2v) is 22.9. The molecule has 6 bridgehead atoms. The van der Waals surface area contributed by atoms with Crippen LogP contribution in [0.1, 0.15) is 143 Å². The Bertz CT molecular complexity index is 2670. The molecule has 3 aromatic carbocycles. The number of carbonyl (C=O) groups excluding carboxylic acids is 2. The number of quaternary nitrogens is 1. The Kier molecular flexibility index (Phi) is 13.1. The Hall–Kier alpha value is -3.77. The first-order valence-corrected chi connectivity index (χ1v) is 26.8. The van der Waals surface area contributed by atoms with Gasteiger partial charge in [-0.05, 0) is 184 Å². The number of amides is 2. The van der Waals surface area contributed by atoms with E-state index in [0.29, 0.717) is 48.2 Å². The molecule has 2 amide bonds. The number of pyridine rings is 1. The second-order valence-electron chi connectivity index (χ2n) is 22.9. The maximum atomic E-state index is 13.2. The molecule has 5 atom stereocenters. The minimum Gasteiger partial charge on any atom is -0.633 e. The fraction of sp³-hybridized carbons (Fsp3) is 0.596. The number of aromatic nitrogens is 1. The van der Waals surface area contributed by atoms with Crippen molar-refractivity contribution < 1.29 is 14.2 Å². The Balaban J connectivity index is 0.000000111. The van der Waals surface area contributed by atoms with Crippen LogP contribution in [0.4, 0.5) is 0 Å². The molecule has 0 saturated carbocycles. The highest BCUT2D eigenvalue weighted by Crippen LogP contribution is 2.45. The smallest absolute Gasteiger partial charge is 0.258 e. The number of rotatable bonds is 3. The minimum atomic E-state index is -0.0670. The molecule has 368 valence electrons. The summed E-state index contributed by atoms with van der Waals surface area (Å²) < 4.78 is 2.03. The molecule has 18 rings (SSSR count). The molecule has 14 aliphatic rings. The number of hydrogen-bond acceptors (Lipinski definition) is 6. The van der Waals surface area contributed by atoms with Crippen molar-refractivity contribution in [2.75, 3.05) is 72.0 Å². The highest BCUT2D eigenvalue weighted by atomic mass is 35.5. The first-order chi connectivity index (χ1) is 32.8. The summed E-state index contributed by atoms with van der Waals surface area (Å²) in [4.78, 5) is 48.8. The number of hydrogen-bond donors (Lipinski definition) is 0. The maximum absolute atomic E-state index is 13.2. The molecule has 0 radical (unpaired) electrons. The van der Waals surface area contributed by atoms with Crippen LogP contribution in [-0.4, -0.2) is 125 Å². The zero-order valence-electron chi connectivity index (χ0n) is 40.4. The molecule has 9 fully saturated rings. The van der Waals surface area contributed by atoms with E-state index in [0.717, 1.165) is 100 Å². The van der Waals surface area contributed by atoms with Crippen LogP contribution in [0.2, 0.25) is 0 Å². The monoisotopic (exact) mass is 974 g/mol. The van der Waals surface area contributed by atoms with E-state index in [2.05, 4.69) is 66.8 Å². The highest BCUT2D eigenvalue weighted by Gasteiger charge is 2.48. The van der Waals surface area contributed by atoms with Gasteiger partial charge in [0.2, 0.25) is 0 Å². The Morgan fingerprint density at radius 2 is 1.00 bits per heavy atom. The van der Waals surface area contributed by atoms with E-state index in [9.17, 15) is 19.6 Å². The number of fused-ring (bicyclic) bond motifs is 9. The summed E-state index contributed by atoms with van der Waals surface area (Å²) in [5, 5.41) is 15.0. The van der Waals surface area contributed by atoms with Crippen LogP contribution in [0, 0.1) is 23.0 Å². The topological polar surface area (TPSA) is 92.2 Å². The zero-order valence-corrected chi connectivity index (χ0v) is 42.0. The van der Waals surface area contributed by atoms with Gasteiger partial charge in [0.05, 0.1) is 31.7 Å². The lowest BCUT2D eigenvalue weighted by molar-refractivity contribution is -0.899. The van der Waals surface area contributed by atoms with Gasteiger partial charge in [-0.25, -0.2) is 0 Å². The summed E-state index contributed by atoms with van der Waals surface area (Å²) in [6.45, 7) is 11.1. The molecule has 12 heteroatoms. The largest absolute Gasteiger partial charge is 0.633 e. The number of halogens is 2. The summed E-state index contributed by atoms with van der Waals surface area (Å²) in [6.07, 6.45) is 19.9. The molecule has 3 aliphatic carbocycles. The van der Waals surface area contributed by atoms with Crippen molar-refractivity contribution in [3.8, 4) is 0 Å². The van der Waals surface area contributed by atoms with E-state index in [1.54, 1.807) is 0 Å². The van der Waals surface area contributed by atoms with E-state index < -0.39 is 0 Å². The summed E-state index contributed by atoms with van der Waals surface area (Å²) >= 11 is 0. The predicted molar refractivity (Wildman–Crippen MR) is 277 cm³/mol. The summed E-state index contributed by atoms with van der Waals surface area (Å²) in [7, 11) is 0. The third kappa shape index (κ3) is 8.29. The van der Waals surface area contributed by atoms with Crippen LogP contribution in [-0.2, 0) is 25.7 Å². The standard InChI is InChI=1S/C19H24N2O2.C19H24N2O.C19H22N2O.2ClH/c22-19-16-6-2-4-14-3-1-5-15(18(14)16)11-20(19)17-12-21(23)9-7-13(17)8-10-21;2*22-19-16-6-2-4-14-3-1-5-15(18(14)16)11-21(19)17-12-20-9-7-13(17)8-10-20;;/h2,4,6,13,15,17H,1,3,5,7-12H2;2,4,6,13,15,17H,1,3,5,7-12H2;2,4,6,11,13,17H,1,3,5,7-10,12H2;2*1H/t13?,15-,17-,21?;15-,17+;17-;;/m101../s1. The minimum absolute atomic E-state index is 0. The van der Waals surface area contributed by atoms with Gasteiger partial charge in [-0.15, -0.1) is 24.8 Å². The molecular formula is C57H72Cl2N6O4. The number of aryl methyl sites for hydroxylation is 4. The molecule has 9 saturated heterocycles. The lowest BCUT2D eigenvalue weighted by atomic mass is 9.75.